The molecule has 2 aliphatic heterocycles. The summed E-state index contributed by atoms with van der Waals surface area (Å²) in [7, 11) is 0. The predicted octanol–water partition coefficient (Wildman–Crippen LogP) is 3.40. The van der Waals surface area contributed by atoms with Crippen LogP contribution < -0.4 is 24.5 Å². The van der Waals surface area contributed by atoms with Gasteiger partial charge in [0.1, 0.15) is 19.0 Å². The minimum atomic E-state index is -0.305. The highest BCUT2D eigenvalue weighted by Gasteiger charge is 2.20. The molecule has 0 bridgehead atoms. The van der Waals surface area contributed by atoms with E-state index in [-0.39, 0.29) is 18.2 Å². The fourth-order valence-corrected chi connectivity index (χ4v) is 5.03. The molecule has 0 fully saturated rings. The predicted molar refractivity (Wildman–Crippen MR) is 144 cm³/mol. The lowest BCUT2D eigenvalue weighted by Crippen LogP contribution is -2.28. The number of pyridine rings is 1. The molecule has 0 saturated heterocycles. The third-order valence-corrected chi connectivity index (χ3v) is 7.04. The molecule has 12 heteroatoms. The van der Waals surface area contributed by atoms with Gasteiger partial charge in [-0.15, -0.1) is 5.10 Å². The van der Waals surface area contributed by atoms with E-state index in [0.29, 0.717) is 79.3 Å². The maximum absolute atomic E-state index is 13.4. The van der Waals surface area contributed by atoms with Crippen molar-refractivity contribution in [2.24, 2.45) is 0 Å². The second-order valence-corrected chi connectivity index (χ2v) is 9.92. The molecule has 0 unspecified atom stereocenters. The quantitative estimate of drug-likeness (QED) is 0.307. The topological polar surface area (TPSA) is 117 Å². The van der Waals surface area contributed by atoms with Crippen LogP contribution in [0.25, 0.3) is 10.9 Å². The first-order valence-electron chi connectivity index (χ1n) is 13.1. The minimum absolute atomic E-state index is 0.186. The van der Waals surface area contributed by atoms with Crippen LogP contribution in [0.4, 0.5) is 4.39 Å². The number of H-pyrrole nitrogens is 1. The highest BCUT2D eigenvalue weighted by Crippen LogP contribution is 2.34. The Morgan fingerprint density at radius 3 is 2.44 bits per heavy atom. The summed E-state index contributed by atoms with van der Waals surface area (Å²) in [5.41, 5.74) is 2.89. The van der Waals surface area contributed by atoms with Gasteiger partial charge in [0.2, 0.25) is 6.79 Å². The second kappa shape index (κ2) is 10.5. The standard InChI is InChI=1S/C29H25FN6O5/c30-22-4-1-18(2-5-22)14-36-28(32-33-34-36)16-35(13-19-3-6-24-25(9-19)41-17-40-24)15-21-10-20-11-26-27(39-8-7-38-26)12-23(20)31-29(21)37/h1-6,9-12H,7-8,13-17H2,(H,31,37). The Morgan fingerprint density at radius 2 is 1.59 bits per heavy atom. The molecule has 3 aromatic carbocycles. The summed E-state index contributed by atoms with van der Waals surface area (Å²) in [5.74, 6) is 2.94. The molecular weight excluding hydrogens is 531 g/mol. The van der Waals surface area contributed by atoms with Gasteiger partial charge in [0.15, 0.2) is 28.8 Å². The minimum Gasteiger partial charge on any atom is -0.486 e. The molecule has 11 nitrogen and oxygen atoms in total. The van der Waals surface area contributed by atoms with Crippen molar-refractivity contribution in [1.29, 1.82) is 0 Å². The number of aromatic amines is 1. The monoisotopic (exact) mass is 556 g/mol. The Bertz CT molecular complexity index is 1790. The van der Waals surface area contributed by atoms with Crippen molar-refractivity contribution in [2.45, 2.75) is 26.2 Å². The van der Waals surface area contributed by atoms with Gasteiger partial charge in [-0.05, 0) is 58.0 Å². The van der Waals surface area contributed by atoms with Gasteiger partial charge in [0.25, 0.3) is 5.56 Å². The highest BCUT2D eigenvalue weighted by molar-refractivity contribution is 5.83. The first-order chi connectivity index (χ1) is 20.1. The van der Waals surface area contributed by atoms with E-state index in [4.69, 9.17) is 18.9 Å². The molecule has 5 aromatic rings. The Morgan fingerprint density at radius 1 is 0.829 bits per heavy atom. The molecule has 1 N–H and O–H groups in total. The van der Waals surface area contributed by atoms with Crippen molar-refractivity contribution in [3.8, 4) is 23.0 Å². The molecule has 208 valence electrons. The third kappa shape index (κ3) is 5.29. The molecule has 7 rings (SSSR count). The summed E-state index contributed by atoms with van der Waals surface area (Å²) in [4.78, 5) is 18.3. The number of nitrogens with one attached hydrogen (secondary N) is 1. The normalized spacial score (nSPS) is 13.7. The van der Waals surface area contributed by atoms with Gasteiger partial charge in [-0.1, -0.05) is 18.2 Å². The average molecular weight is 557 g/mol. The number of halogens is 1. The summed E-state index contributed by atoms with van der Waals surface area (Å²) in [5, 5.41) is 13.1. The van der Waals surface area contributed by atoms with E-state index in [1.165, 1.54) is 12.1 Å². The molecule has 0 spiro atoms. The van der Waals surface area contributed by atoms with Gasteiger partial charge in [0.05, 0.1) is 18.6 Å². The molecule has 0 aliphatic carbocycles. The summed E-state index contributed by atoms with van der Waals surface area (Å²) in [6.07, 6.45) is 0. The van der Waals surface area contributed by atoms with Crippen LogP contribution in [0.1, 0.15) is 22.5 Å². The highest BCUT2D eigenvalue weighted by atomic mass is 19.1. The molecule has 41 heavy (non-hydrogen) atoms. The maximum Gasteiger partial charge on any atom is 0.252 e. The largest absolute Gasteiger partial charge is 0.486 e. The van der Waals surface area contributed by atoms with Crippen LogP contribution >= 0.6 is 0 Å². The van der Waals surface area contributed by atoms with Crippen LogP contribution in [0.2, 0.25) is 0 Å². The lowest BCUT2D eigenvalue weighted by molar-refractivity contribution is 0.172. The third-order valence-electron chi connectivity index (χ3n) is 7.04. The number of benzene rings is 3. The number of tetrazole rings is 1. The van der Waals surface area contributed by atoms with Crippen LogP contribution in [-0.4, -0.2) is 50.1 Å². The number of ether oxygens (including phenoxy) is 4. The molecule has 0 amide bonds. The van der Waals surface area contributed by atoms with Crippen molar-refractivity contribution in [1.82, 2.24) is 30.1 Å². The number of hydrogen-bond donors (Lipinski definition) is 1. The zero-order chi connectivity index (χ0) is 27.8. The maximum atomic E-state index is 13.4. The van der Waals surface area contributed by atoms with Gasteiger partial charge in [-0.3, -0.25) is 9.69 Å². The van der Waals surface area contributed by atoms with Crippen LogP contribution in [0, 0.1) is 5.82 Å². The SMILES string of the molecule is O=c1[nH]c2cc3c(cc2cc1CN(Cc1ccc2c(c1)OCO2)Cc1nnnn1Cc1ccc(F)cc1)OCCO3. The fraction of sp³-hybridized carbons (Fsp3) is 0.241. The van der Waals surface area contributed by atoms with Crippen LogP contribution in [0.5, 0.6) is 23.0 Å². The fourth-order valence-electron chi connectivity index (χ4n) is 5.03. The summed E-state index contributed by atoms with van der Waals surface area (Å²) in [6.45, 7) is 2.66. The van der Waals surface area contributed by atoms with E-state index in [0.717, 1.165) is 16.5 Å². The van der Waals surface area contributed by atoms with Crippen molar-refractivity contribution >= 4 is 10.9 Å². The molecule has 2 aromatic heterocycles. The molecule has 4 heterocycles. The molecular formula is C29H25FN6O5. The van der Waals surface area contributed by atoms with E-state index in [9.17, 15) is 9.18 Å². The van der Waals surface area contributed by atoms with Crippen LogP contribution in [0.15, 0.2) is 65.5 Å². The van der Waals surface area contributed by atoms with Crippen molar-refractivity contribution in [3.05, 3.63) is 99.3 Å². The lowest BCUT2D eigenvalue weighted by atomic mass is 10.1. The van der Waals surface area contributed by atoms with E-state index in [1.54, 1.807) is 22.9 Å². The summed E-state index contributed by atoms with van der Waals surface area (Å²) >= 11 is 0. The second-order valence-electron chi connectivity index (χ2n) is 9.92. The molecule has 0 radical (unpaired) electrons. The van der Waals surface area contributed by atoms with Gasteiger partial charge < -0.3 is 23.9 Å². The van der Waals surface area contributed by atoms with Crippen molar-refractivity contribution in [2.75, 3.05) is 20.0 Å². The van der Waals surface area contributed by atoms with Gasteiger partial charge in [0, 0.05) is 30.1 Å². The number of nitrogens with zero attached hydrogens (tertiary/aromatic N) is 5. The van der Waals surface area contributed by atoms with Crippen molar-refractivity contribution in [3.63, 3.8) is 0 Å². The molecule has 0 saturated carbocycles. The number of fused-ring (bicyclic) bond motifs is 3. The Kier molecular flexibility index (Phi) is 6.44. The van der Waals surface area contributed by atoms with Crippen molar-refractivity contribution < 1.29 is 23.3 Å². The van der Waals surface area contributed by atoms with E-state index >= 15 is 0 Å². The summed E-state index contributed by atoms with van der Waals surface area (Å²) in [6, 6.07) is 17.6. The van der Waals surface area contributed by atoms with Gasteiger partial charge >= 0.3 is 0 Å². The first-order valence-corrected chi connectivity index (χ1v) is 13.1. The number of rotatable bonds is 8. The lowest BCUT2D eigenvalue weighted by Gasteiger charge is -2.22. The van der Waals surface area contributed by atoms with E-state index < -0.39 is 0 Å². The molecule has 2 aliphatic rings. The first kappa shape index (κ1) is 25.0. The van der Waals surface area contributed by atoms with Gasteiger partial charge in [-0.2, -0.15) is 0 Å². The van der Waals surface area contributed by atoms with E-state index in [2.05, 4.69) is 25.4 Å². The van der Waals surface area contributed by atoms with Crippen LogP contribution in [-0.2, 0) is 26.2 Å². The van der Waals surface area contributed by atoms with Gasteiger partial charge in [-0.25, -0.2) is 9.07 Å². The average Bonchev–Trinajstić information content (AvgIpc) is 3.62. The Balaban J connectivity index is 1.20. The Labute approximate surface area is 233 Å². The number of hydrogen-bond acceptors (Lipinski definition) is 9. The zero-order valence-electron chi connectivity index (χ0n) is 21.9. The van der Waals surface area contributed by atoms with E-state index in [1.807, 2.05) is 30.3 Å². The summed E-state index contributed by atoms with van der Waals surface area (Å²) < 4.78 is 37.5. The zero-order valence-corrected chi connectivity index (χ0v) is 21.9. The molecule has 0 atom stereocenters. The van der Waals surface area contributed by atoms with Crippen LogP contribution in [0.3, 0.4) is 0 Å². The number of aromatic nitrogens is 5. The Hall–Kier alpha value is -4.97. The smallest absolute Gasteiger partial charge is 0.252 e.